The van der Waals surface area contributed by atoms with E-state index in [0.29, 0.717) is 23.8 Å². The first kappa shape index (κ1) is 17.2. The molecule has 0 unspecified atom stereocenters. The highest BCUT2D eigenvalue weighted by molar-refractivity contribution is 6.33. The average Bonchev–Trinajstić information content (AvgIpc) is 2.42. The number of amides is 1. The van der Waals surface area contributed by atoms with Crippen molar-refractivity contribution in [2.45, 2.75) is 19.4 Å². The molecule has 1 aliphatic rings. The third-order valence-corrected chi connectivity index (χ3v) is 3.92. The normalized spacial score (nSPS) is 17.5. The number of halogens is 1. The predicted octanol–water partition coefficient (Wildman–Crippen LogP) is 1.67. The zero-order valence-corrected chi connectivity index (χ0v) is 13.9. The Morgan fingerprint density at radius 3 is 2.41 bits per heavy atom. The summed E-state index contributed by atoms with van der Waals surface area (Å²) in [7, 11) is 0. The fraction of sp³-hybridized carbons (Fsp3) is 0.562. The monoisotopic (exact) mass is 325 g/mol. The molecule has 2 N–H and O–H groups in total. The molecule has 0 aromatic heterocycles. The Morgan fingerprint density at radius 1 is 1.23 bits per heavy atom. The van der Waals surface area contributed by atoms with Gasteiger partial charge < -0.3 is 10.4 Å². The topological polar surface area (TPSA) is 55.8 Å². The lowest BCUT2D eigenvalue weighted by Crippen LogP contribution is -2.51. The molecule has 0 spiro atoms. The molecule has 1 fully saturated rings. The number of hydrogen-bond donors (Lipinski definition) is 2. The summed E-state index contributed by atoms with van der Waals surface area (Å²) in [5, 5.41) is 13.2. The van der Waals surface area contributed by atoms with E-state index in [1.165, 1.54) is 0 Å². The second-order valence-corrected chi connectivity index (χ2v) is 6.80. The van der Waals surface area contributed by atoms with Crippen molar-refractivity contribution >= 4 is 23.2 Å². The molecular formula is C16H24ClN3O2. The lowest BCUT2D eigenvalue weighted by atomic mass is 10.1. The van der Waals surface area contributed by atoms with Crippen molar-refractivity contribution in [3.63, 3.8) is 0 Å². The van der Waals surface area contributed by atoms with Crippen LogP contribution in [0.4, 0.5) is 5.69 Å². The molecule has 1 amide bonds. The molecule has 1 aromatic rings. The SMILES string of the molecule is CC(C)(O)CN1CCN(CC(=O)Nc2ccccc2Cl)CC1. The van der Waals surface area contributed by atoms with Gasteiger partial charge in [-0.15, -0.1) is 0 Å². The van der Waals surface area contributed by atoms with Gasteiger partial charge in [-0.1, -0.05) is 23.7 Å². The summed E-state index contributed by atoms with van der Waals surface area (Å²) in [5.74, 6) is -0.0518. The summed E-state index contributed by atoms with van der Waals surface area (Å²) in [6.45, 7) is 8.03. The van der Waals surface area contributed by atoms with Crippen LogP contribution in [0.1, 0.15) is 13.8 Å². The van der Waals surface area contributed by atoms with Gasteiger partial charge >= 0.3 is 0 Å². The number of hydrogen-bond acceptors (Lipinski definition) is 4. The van der Waals surface area contributed by atoms with Gasteiger partial charge in [0.05, 0.1) is 22.9 Å². The van der Waals surface area contributed by atoms with Crippen molar-refractivity contribution in [2.24, 2.45) is 0 Å². The molecule has 22 heavy (non-hydrogen) atoms. The smallest absolute Gasteiger partial charge is 0.238 e. The Labute approximate surface area is 136 Å². The fourth-order valence-corrected chi connectivity index (χ4v) is 2.79. The first-order chi connectivity index (χ1) is 10.3. The van der Waals surface area contributed by atoms with Gasteiger partial charge in [0.2, 0.25) is 5.91 Å². The summed E-state index contributed by atoms with van der Waals surface area (Å²) in [6, 6.07) is 7.23. The lowest BCUT2D eigenvalue weighted by molar-refractivity contribution is -0.117. The van der Waals surface area contributed by atoms with Crippen LogP contribution in [0.3, 0.4) is 0 Å². The van der Waals surface area contributed by atoms with E-state index in [1.54, 1.807) is 12.1 Å². The Balaban J connectivity index is 1.76. The second-order valence-electron chi connectivity index (χ2n) is 6.39. The number of carbonyl (C=O) groups excluding carboxylic acids is 1. The van der Waals surface area contributed by atoms with E-state index in [2.05, 4.69) is 15.1 Å². The number of nitrogens with zero attached hydrogens (tertiary/aromatic N) is 2. The van der Waals surface area contributed by atoms with Crippen LogP contribution in [-0.4, -0.2) is 65.7 Å². The van der Waals surface area contributed by atoms with Crippen molar-refractivity contribution in [2.75, 3.05) is 44.6 Å². The van der Waals surface area contributed by atoms with Gasteiger partial charge in [-0.3, -0.25) is 14.6 Å². The number of β-amino-alcohol motifs (C(OH)–C–C–N with tert-alkyl or cyclic N) is 1. The van der Waals surface area contributed by atoms with E-state index in [1.807, 2.05) is 26.0 Å². The summed E-state index contributed by atoms with van der Waals surface area (Å²) >= 11 is 6.03. The van der Waals surface area contributed by atoms with E-state index in [4.69, 9.17) is 11.6 Å². The van der Waals surface area contributed by atoms with E-state index >= 15 is 0 Å². The zero-order valence-electron chi connectivity index (χ0n) is 13.2. The highest BCUT2D eigenvalue weighted by Crippen LogP contribution is 2.20. The maximum atomic E-state index is 12.1. The van der Waals surface area contributed by atoms with Gasteiger partial charge in [-0.05, 0) is 26.0 Å². The van der Waals surface area contributed by atoms with Crippen LogP contribution in [0.2, 0.25) is 5.02 Å². The summed E-state index contributed by atoms with van der Waals surface area (Å²) in [5.41, 5.74) is -0.0290. The molecule has 0 aliphatic carbocycles. The first-order valence-electron chi connectivity index (χ1n) is 7.55. The molecule has 6 heteroatoms. The summed E-state index contributed by atoms with van der Waals surface area (Å²) in [6.07, 6.45) is 0. The zero-order chi connectivity index (χ0) is 16.2. The van der Waals surface area contributed by atoms with Crippen LogP contribution in [0.5, 0.6) is 0 Å². The minimum atomic E-state index is -0.677. The third kappa shape index (κ3) is 5.57. The molecular weight excluding hydrogens is 302 g/mol. The van der Waals surface area contributed by atoms with Crippen molar-refractivity contribution in [3.05, 3.63) is 29.3 Å². The molecule has 1 aliphatic heterocycles. The predicted molar refractivity (Wildman–Crippen MR) is 89.3 cm³/mol. The quantitative estimate of drug-likeness (QED) is 0.864. The van der Waals surface area contributed by atoms with Gasteiger partial charge in [0.25, 0.3) is 0 Å². The minimum Gasteiger partial charge on any atom is -0.389 e. The van der Waals surface area contributed by atoms with Crippen LogP contribution >= 0.6 is 11.6 Å². The molecule has 122 valence electrons. The number of benzene rings is 1. The maximum absolute atomic E-state index is 12.1. The highest BCUT2D eigenvalue weighted by Gasteiger charge is 2.23. The van der Waals surface area contributed by atoms with Crippen LogP contribution < -0.4 is 5.32 Å². The lowest BCUT2D eigenvalue weighted by Gasteiger charge is -2.36. The van der Waals surface area contributed by atoms with Crippen molar-refractivity contribution < 1.29 is 9.90 Å². The van der Waals surface area contributed by atoms with Gasteiger partial charge in [0, 0.05) is 32.7 Å². The Kier molecular flexibility index (Phi) is 5.81. The van der Waals surface area contributed by atoms with Crippen LogP contribution in [0, 0.1) is 0 Å². The van der Waals surface area contributed by atoms with E-state index in [-0.39, 0.29) is 5.91 Å². The Bertz CT molecular complexity index is 508. The molecule has 1 heterocycles. The first-order valence-corrected chi connectivity index (χ1v) is 7.93. The number of nitrogens with one attached hydrogen (secondary N) is 1. The molecule has 1 saturated heterocycles. The molecule has 5 nitrogen and oxygen atoms in total. The van der Waals surface area contributed by atoms with Gasteiger partial charge in [-0.25, -0.2) is 0 Å². The molecule has 0 radical (unpaired) electrons. The molecule has 0 atom stereocenters. The third-order valence-electron chi connectivity index (χ3n) is 3.59. The number of piperazine rings is 1. The molecule has 0 saturated carbocycles. The van der Waals surface area contributed by atoms with Crippen LogP contribution in [-0.2, 0) is 4.79 Å². The maximum Gasteiger partial charge on any atom is 0.238 e. The Hall–Kier alpha value is -1.14. The van der Waals surface area contributed by atoms with E-state index in [0.717, 1.165) is 26.2 Å². The minimum absolute atomic E-state index is 0.0518. The van der Waals surface area contributed by atoms with Crippen molar-refractivity contribution in [3.8, 4) is 0 Å². The molecule has 0 bridgehead atoms. The van der Waals surface area contributed by atoms with E-state index < -0.39 is 5.60 Å². The largest absolute Gasteiger partial charge is 0.389 e. The number of aliphatic hydroxyl groups is 1. The summed E-state index contributed by atoms with van der Waals surface area (Å²) < 4.78 is 0. The average molecular weight is 326 g/mol. The van der Waals surface area contributed by atoms with Gasteiger partial charge in [-0.2, -0.15) is 0 Å². The van der Waals surface area contributed by atoms with Gasteiger partial charge in [0.1, 0.15) is 0 Å². The highest BCUT2D eigenvalue weighted by atomic mass is 35.5. The summed E-state index contributed by atoms with van der Waals surface area (Å²) in [4.78, 5) is 16.4. The number of para-hydroxylation sites is 1. The number of carbonyl (C=O) groups is 1. The van der Waals surface area contributed by atoms with E-state index in [9.17, 15) is 9.90 Å². The van der Waals surface area contributed by atoms with Crippen LogP contribution in [0.15, 0.2) is 24.3 Å². The standard InChI is InChI=1S/C16H24ClN3O2/c1-16(2,22)12-20-9-7-19(8-10-20)11-15(21)18-14-6-4-3-5-13(14)17/h3-6,22H,7-12H2,1-2H3,(H,18,21). The Morgan fingerprint density at radius 2 is 1.82 bits per heavy atom. The van der Waals surface area contributed by atoms with Gasteiger partial charge in [0.15, 0.2) is 0 Å². The van der Waals surface area contributed by atoms with Crippen molar-refractivity contribution in [1.82, 2.24) is 9.80 Å². The number of rotatable bonds is 5. The number of anilines is 1. The fourth-order valence-electron chi connectivity index (χ4n) is 2.61. The van der Waals surface area contributed by atoms with Crippen molar-refractivity contribution in [1.29, 1.82) is 0 Å². The second kappa shape index (κ2) is 7.42. The molecule has 2 rings (SSSR count). The van der Waals surface area contributed by atoms with Crippen LogP contribution in [0.25, 0.3) is 0 Å². The molecule has 1 aromatic carbocycles.